The van der Waals surface area contributed by atoms with Gasteiger partial charge in [-0.05, 0) is 24.6 Å². The largest absolute Gasteiger partial charge is 0.398 e. The number of alkyl halides is 2. The molecule has 0 bridgehead atoms. The first-order chi connectivity index (χ1) is 8.16. The molecule has 1 aromatic rings. The molecule has 102 valence electrons. The van der Waals surface area contributed by atoms with Gasteiger partial charge in [-0.3, -0.25) is 0 Å². The van der Waals surface area contributed by atoms with Crippen molar-refractivity contribution < 1.29 is 17.2 Å². The van der Waals surface area contributed by atoms with E-state index in [0.717, 1.165) is 7.05 Å². The third kappa shape index (κ3) is 3.09. The summed E-state index contributed by atoms with van der Waals surface area (Å²) in [7, 11) is -2.94. The monoisotopic (exact) mass is 298 g/mol. The number of hydrogen-bond donors (Lipinski definition) is 1. The summed E-state index contributed by atoms with van der Waals surface area (Å²) in [4.78, 5) is -0.157. The van der Waals surface area contributed by atoms with Crippen molar-refractivity contribution in [3.63, 3.8) is 0 Å². The van der Waals surface area contributed by atoms with Crippen molar-refractivity contribution in [2.24, 2.45) is 0 Å². The third-order valence-corrected chi connectivity index (χ3v) is 4.62. The van der Waals surface area contributed by atoms with Gasteiger partial charge in [0.2, 0.25) is 10.0 Å². The van der Waals surface area contributed by atoms with Gasteiger partial charge < -0.3 is 5.73 Å². The van der Waals surface area contributed by atoms with Crippen LogP contribution in [0.3, 0.4) is 0 Å². The van der Waals surface area contributed by atoms with Gasteiger partial charge in [-0.25, -0.2) is 17.2 Å². The molecular weight excluding hydrogens is 286 g/mol. The Morgan fingerprint density at radius 2 is 2.00 bits per heavy atom. The summed E-state index contributed by atoms with van der Waals surface area (Å²) in [6.45, 7) is 0.614. The highest BCUT2D eigenvalue weighted by Crippen LogP contribution is 2.28. The second kappa shape index (κ2) is 5.38. The Bertz CT molecular complexity index is 549. The summed E-state index contributed by atoms with van der Waals surface area (Å²) in [5.41, 5.74) is 6.10. The van der Waals surface area contributed by atoms with Crippen LogP contribution in [0.2, 0.25) is 5.02 Å². The van der Waals surface area contributed by atoms with Gasteiger partial charge in [0.15, 0.2) is 0 Å². The van der Waals surface area contributed by atoms with E-state index in [1.165, 1.54) is 19.1 Å². The molecule has 0 aromatic heterocycles. The van der Waals surface area contributed by atoms with Crippen molar-refractivity contribution in [1.82, 2.24) is 4.31 Å². The van der Waals surface area contributed by atoms with Gasteiger partial charge in [0, 0.05) is 17.8 Å². The van der Waals surface area contributed by atoms with Gasteiger partial charge in [-0.1, -0.05) is 11.6 Å². The number of benzene rings is 1. The van der Waals surface area contributed by atoms with Gasteiger partial charge in [-0.2, -0.15) is 4.31 Å². The fraction of sp³-hybridized carbons (Fsp3) is 0.400. The van der Waals surface area contributed by atoms with Gasteiger partial charge in [-0.15, -0.1) is 0 Å². The number of halogens is 3. The number of nitrogen functional groups attached to an aromatic ring is 1. The minimum atomic E-state index is -4.02. The summed E-state index contributed by atoms with van der Waals surface area (Å²) < 4.78 is 49.2. The minimum Gasteiger partial charge on any atom is -0.398 e. The number of nitrogens with zero attached hydrogens (tertiary/aromatic N) is 1. The van der Waals surface area contributed by atoms with Crippen LogP contribution >= 0.6 is 11.6 Å². The van der Waals surface area contributed by atoms with E-state index in [2.05, 4.69) is 0 Å². The van der Waals surface area contributed by atoms with Crippen molar-refractivity contribution in [3.8, 4) is 0 Å². The van der Waals surface area contributed by atoms with E-state index in [1.54, 1.807) is 0 Å². The Kier molecular flexibility index (Phi) is 4.52. The van der Waals surface area contributed by atoms with E-state index in [9.17, 15) is 17.2 Å². The molecule has 0 atom stereocenters. The van der Waals surface area contributed by atoms with Crippen molar-refractivity contribution in [2.45, 2.75) is 18.2 Å². The first-order valence-electron chi connectivity index (χ1n) is 4.96. The summed E-state index contributed by atoms with van der Waals surface area (Å²) in [6.07, 6.45) is -2.75. The van der Waals surface area contributed by atoms with Crippen LogP contribution in [-0.4, -0.2) is 32.7 Å². The second-order valence-corrected chi connectivity index (χ2v) is 6.24. The zero-order valence-electron chi connectivity index (χ0n) is 9.82. The lowest BCUT2D eigenvalue weighted by Crippen LogP contribution is -2.32. The first kappa shape index (κ1) is 15.1. The number of sulfonamides is 1. The van der Waals surface area contributed by atoms with E-state index in [4.69, 9.17) is 17.3 Å². The molecule has 0 saturated heterocycles. The maximum Gasteiger partial charge on any atom is 0.252 e. The zero-order valence-corrected chi connectivity index (χ0v) is 11.4. The quantitative estimate of drug-likeness (QED) is 0.866. The van der Waals surface area contributed by atoms with Gasteiger partial charge in [0.05, 0.1) is 11.4 Å². The topological polar surface area (TPSA) is 63.4 Å². The molecule has 1 aromatic carbocycles. The molecular formula is C10H13ClF2N2O2S. The van der Waals surface area contributed by atoms with E-state index in [-0.39, 0.29) is 15.6 Å². The van der Waals surface area contributed by atoms with Crippen LogP contribution in [0.5, 0.6) is 0 Å². The molecule has 0 aliphatic rings. The Morgan fingerprint density at radius 3 is 2.50 bits per heavy atom. The summed E-state index contributed by atoms with van der Waals surface area (Å²) in [5, 5.41) is 0.141. The van der Waals surface area contributed by atoms with Crippen LogP contribution < -0.4 is 5.73 Å². The summed E-state index contributed by atoms with van der Waals surface area (Å²) in [6, 6.07) is 2.60. The maximum atomic E-state index is 12.2. The average molecular weight is 299 g/mol. The van der Waals surface area contributed by atoms with Gasteiger partial charge >= 0.3 is 0 Å². The molecule has 18 heavy (non-hydrogen) atoms. The molecule has 0 spiro atoms. The van der Waals surface area contributed by atoms with E-state index >= 15 is 0 Å². The van der Waals surface area contributed by atoms with E-state index in [1.807, 2.05) is 0 Å². The summed E-state index contributed by atoms with van der Waals surface area (Å²) >= 11 is 5.73. The van der Waals surface area contributed by atoms with Crippen LogP contribution in [0.15, 0.2) is 17.0 Å². The molecule has 0 aliphatic heterocycles. The standard InChI is InChI=1S/C10H13ClF2N2O2S/c1-6-8(14)3-7(11)4-9(6)18(16,17)15(2)5-10(12)13/h3-4,10H,5,14H2,1-2H3. The van der Waals surface area contributed by atoms with Crippen molar-refractivity contribution >= 4 is 27.3 Å². The molecule has 0 aliphatic carbocycles. The SMILES string of the molecule is Cc1c(N)cc(Cl)cc1S(=O)(=O)N(C)CC(F)F. The first-order valence-corrected chi connectivity index (χ1v) is 6.78. The molecule has 0 saturated carbocycles. The van der Waals surface area contributed by atoms with Crippen LogP contribution in [0.4, 0.5) is 14.5 Å². The number of anilines is 1. The number of hydrogen-bond acceptors (Lipinski definition) is 3. The molecule has 1 rings (SSSR count). The number of nitrogens with two attached hydrogens (primary N) is 1. The Morgan fingerprint density at radius 1 is 1.44 bits per heavy atom. The Balaban J connectivity index is 3.29. The average Bonchev–Trinajstić information content (AvgIpc) is 2.22. The highest BCUT2D eigenvalue weighted by Gasteiger charge is 2.26. The predicted octanol–water partition coefficient (Wildman–Crippen LogP) is 2.12. The highest BCUT2D eigenvalue weighted by molar-refractivity contribution is 7.89. The Hall–Kier alpha value is -0.920. The molecule has 4 nitrogen and oxygen atoms in total. The Labute approximate surface area is 109 Å². The number of rotatable bonds is 4. The van der Waals surface area contributed by atoms with Crippen LogP contribution in [0, 0.1) is 6.92 Å². The van der Waals surface area contributed by atoms with Gasteiger partial charge in [0.25, 0.3) is 6.43 Å². The molecule has 0 fully saturated rings. The maximum absolute atomic E-state index is 12.2. The highest BCUT2D eigenvalue weighted by atomic mass is 35.5. The lowest BCUT2D eigenvalue weighted by Gasteiger charge is -2.19. The fourth-order valence-electron chi connectivity index (χ4n) is 1.40. The fourth-order valence-corrected chi connectivity index (χ4v) is 3.12. The molecule has 2 N–H and O–H groups in total. The predicted molar refractivity (Wildman–Crippen MR) is 66.4 cm³/mol. The molecule has 0 unspecified atom stereocenters. The summed E-state index contributed by atoms with van der Waals surface area (Å²) in [5.74, 6) is 0. The van der Waals surface area contributed by atoms with E-state index in [0.29, 0.717) is 9.87 Å². The van der Waals surface area contributed by atoms with Gasteiger partial charge in [0.1, 0.15) is 0 Å². The van der Waals surface area contributed by atoms with Crippen molar-refractivity contribution in [3.05, 3.63) is 22.7 Å². The zero-order chi connectivity index (χ0) is 14.1. The van der Waals surface area contributed by atoms with Crippen LogP contribution in [-0.2, 0) is 10.0 Å². The van der Waals surface area contributed by atoms with E-state index < -0.39 is 23.0 Å². The third-order valence-electron chi connectivity index (χ3n) is 2.45. The minimum absolute atomic E-state index is 0.141. The molecule has 8 heteroatoms. The lowest BCUT2D eigenvalue weighted by molar-refractivity contribution is 0.126. The second-order valence-electron chi connectivity index (χ2n) is 3.79. The van der Waals surface area contributed by atoms with Crippen LogP contribution in [0.25, 0.3) is 0 Å². The smallest absolute Gasteiger partial charge is 0.252 e. The lowest BCUT2D eigenvalue weighted by atomic mass is 10.2. The molecule has 0 amide bonds. The molecule has 0 heterocycles. The normalized spacial score (nSPS) is 12.4. The van der Waals surface area contributed by atoms with Crippen molar-refractivity contribution in [2.75, 3.05) is 19.3 Å². The van der Waals surface area contributed by atoms with Crippen LogP contribution in [0.1, 0.15) is 5.56 Å². The molecule has 0 radical (unpaired) electrons. The van der Waals surface area contributed by atoms with Crippen molar-refractivity contribution in [1.29, 1.82) is 0 Å².